The lowest BCUT2D eigenvalue weighted by Gasteiger charge is -2.46. The van der Waals surface area contributed by atoms with Crippen LogP contribution in [-0.4, -0.2) is 43.7 Å². The van der Waals surface area contributed by atoms with E-state index in [0.717, 1.165) is 6.42 Å². The number of methoxy groups -OCH3 is 1. The number of hydrogen-bond acceptors (Lipinski definition) is 5. The summed E-state index contributed by atoms with van der Waals surface area (Å²) >= 11 is 5.83. The fourth-order valence-corrected chi connectivity index (χ4v) is 5.69. The zero-order valence-electron chi connectivity index (χ0n) is 13.1. The van der Waals surface area contributed by atoms with Gasteiger partial charge in [-0.2, -0.15) is 4.31 Å². The predicted octanol–water partition coefficient (Wildman–Crippen LogP) is 2.01. The maximum absolute atomic E-state index is 13.1. The Bertz CT molecular complexity index is 761. The van der Waals surface area contributed by atoms with Crippen LogP contribution >= 0.6 is 11.6 Å². The maximum Gasteiger partial charge on any atom is 0.317 e. The molecule has 0 N–H and O–H groups in total. The van der Waals surface area contributed by atoms with Gasteiger partial charge >= 0.3 is 5.97 Å². The Hall–Kier alpha value is -1.44. The highest BCUT2D eigenvalue weighted by Gasteiger charge is 2.52. The number of piperidine rings is 2. The molecule has 0 aliphatic carbocycles. The Kier molecular flexibility index (Phi) is 4.68. The maximum atomic E-state index is 13.1. The van der Waals surface area contributed by atoms with Crippen molar-refractivity contribution in [2.24, 2.45) is 5.92 Å². The van der Waals surface area contributed by atoms with E-state index in [0.29, 0.717) is 17.9 Å². The Morgan fingerprint density at radius 3 is 2.54 bits per heavy atom. The summed E-state index contributed by atoms with van der Waals surface area (Å²) in [5, 5.41) is 0.440. The van der Waals surface area contributed by atoms with Crippen molar-refractivity contribution in [2.75, 3.05) is 7.11 Å². The molecule has 3 atom stereocenters. The van der Waals surface area contributed by atoms with Gasteiger partial charge in [-0.05, 0) is 37.1 Å². The second-order valence-corrected chi connectivity index (χ2v) is 8.39. The number of ketones is 1. The zero-order valence-corrected chi connectivity index (χ0v) is 14.7. The molecule has 2 heterocycles. The van der Waals surface area contributed by atoms with Crippen LogP contribution in [-0.2, 0) is 24.3 Å². The van der Waals surface area contributed by atoms with Crippen molar-refractivity contribution in [3.63, 3.8) is 0 Å². The molecule has 1 aromatic carbocycles. The lowest BCUT2D eigenvalue weighted by molar-refractivity contribution is -0.155. The number of nitrogens with zero attached hydrogens (tertiary/aromatic N) is 1. The first-order valence-electron chi connectivity index (χ1n) is 7.76. The fourth-order valence-electron chi connectivity index (χ4n) is 3.69. The molecule has 2 bridgehead atoms. The number of ether oxygens (including phenoxy) is 1. The molecule has 24 heavy (non-hydrogen) atoms. The van der Waals surface area contributed by atoms with E-state index in [-0.39, 0.29) is 17.1 Å². The summed E-state index contributed by atoms with van der Waals surface area (Å²) in [7, 11) is -2.61. The average Bonchev–Trinajstić information content (AvgIpc) is 2.54. The summed E-state index contributed by atoms with van der Waals surface area (Å²) in [6, 6.07) is 4.82. The van der Waals surface area contributed by atoms with E-state index in [1.807, 2.05) is 0 Å². The Balaban J connectivity index is 2.03. The highest BCUT2D eigenvalue weighted by Crippen LogP contribution is 2.40. The molecule has 3 unspecified atom stereocenters. The smallest absolute Gasteiger partial charge is 0.317 e. The Morgan fingerprint density at radius 1 is 1.25 bits per heavy atom. The van der Waals surface area contributed by atoms with Gasteiger partial charge in [-0.1, -0.05) is 18.0 Å². The van der Waals surface area contributed by atoms with Crippen LogP contribution in [0.15, 0.2) is 29.2 Å². The van der Waals surface area contributed by atoms with E-state index in [9.17, 15) is 18.0 Å². The minimum atomic E-state index is -3.82. The van der Waals surface area contributed by atoms with E-state index in [1.165, 1.54) is 35.7 Å². The molecule has 130 valence electrons. The first-order valence-corrected chi connectivity index (χ1v) is 9.57. The van der Waals surface area contributed by atoms with Crippen LogP contribution in [0.1, 0.15) is 25.7 Å². The van der Waals surface area contributed by atoms with Gasteiger partial charge in [0.15, 0.2) is 0 Å². The number of rotatable bonds is 3. The predicted molar refractivity (Wildman–Crippen MR) is 87.0 cm³/mol. The first kappa shape index (κ1) is 17.4. The molecule has 2 aliphatic heterocycles. The van der Waals surface area contributed by atoms with Gasteiger partial charge in [-0.25, -0.2) is 8.42 Å². The van der Waals surface area contributed by atoms with Crippen molar-refractivity contribution in [3.8, 4) is 0 Å². The highest BCUT2D eigenvalue weighted by atomic mass is 35.5. The van der Waals surface area contributed by atoms with Crippen LogP contribution in [0.5, 0.6) is 0 Å². The molecule has 3 rings (SSSR count). The molecular formula is C16H18ClNO5S. The summed E-state index contributed by atoms with van der Waals surface area (Å²) in [4.78, 5) is 24.5. The summed E-state index contributed by atoms with van der Waals surface area (Å²) in [6.45, 7) is 0. The molecule has 0 aromatic heterocycles. The number of fused-ring (bicyclic) bond motifs is 2. The van der Waals surface area contributed by atoms with Crippen LogP contribution in [0.4, 0.5) is 0 Å². The molecule has 6 nitrogen and oxygen atoms in total. The van der Waals surface area contributed by atoms with Crippen LogP contribution in [0.2, 0.25) is 5.02 Å². The third-order valence-corrected chi connectivity index (χ3v) is 6.98. The van der Waals surface area contributed by atoms with E-state index in [1.54, 1.807) is 0 Å². The van der Waals surface area contributed by atoms with Gasteiger partial charge < -0.3 is 4.74 Å². The van der Waals surface area contributed by atoms with Gasteiger partial charge in [0.1, 0.15) is 11.7 Å². The van der Waals surface area contributed by atoms with E-state index in [4.69, 9.17) is 16.3 Å². The van der Waals surface area contributed by atoms with Gasteiger partial charge in [0.2, 0.25) is 10.0 Å². The number of esters is 1. The minimum Gasteiger partial charge on any atom is -0.468 e. The minimum absolute atomic E-state index is 0.0447. The van der Waals surface area contributed by atoms with Crippen LogP contribution in [0.3, 0.4) is 0 Å². The summed E-state index contributed by atoms with van der Waals surface area (Å²) in [6.07, 6.45) is 1.91. The molecule has 8 heteroatoms. The van der Waals surface area contributed by atoms with Crippen LogP contribution in [0.25, 0.3) is 0 Å². The number of sulfonamides is 1. The van der Waals surface area contributed by atoms with E-state index < -0.39 is 34.0 Å². The van der Waals surface area contributed by atoms with E-state index in [2.05, 4.69) is 0 Å². The van der Waals surface area contributed by atoms with Crippen molar-refractivity contribution in [3.05, 3.63) is 29.3 Å². The molecule has 1 aromatic rings. The van der Waals surface area contributed by atoms with Gasteiger partial charge in [0.05, 0.1) is 12.0 Å². The zero-order chi connectivity index (χ0) is 17.5. The standard InChI is InChI=1S/C16H18ClNO5S/c1-23-16(20)15-13-4-2-3-11(9-14(15)19)18(13)24(21,22)12-7-5-10(17)6-8-12/h5-8,11,13,15H,2-4,9H2,1H3. The largest absolute Gasteiger partial charge is 0.468 e. The van der Waals surface area contributed by atoms with Crippen molar-refractivity contribution in [2.45, 2.75) is 42.7 Å². The summed E-state index contributed by atoms with van der Waals surface area (Å²) in [5.41, 5.74) is 0. The Morgan fingerprint density at radius 2 is 1.92 bits per heavy atom. The second-order valence-electron chi connectivity index (χ2n) is 6.11. The van der Waals surface area contributed by atoms with E-state index >= 15 is 0 Å². The summed E-state index contributed by atoms with van der Waals surface area (Å²) < 4.78 is 32.3. The molecule has 2 saturated heterocycles. The monoisotopic (exact) mass is 371 g/mol. The van der Waals surface area contributed by atoms with Crippen LogP contribution in [0, 0.1) is 5.92 Å². The quantitative estimate of drug-likeness (QED) is 0.599. The topological polar surface area (TPSA) is 80.8 Å². The van der Waals surface area contributed by atoms with Crippen molar-refractivity contribution < 1.29 is 22.7 Å². The van der Waals surface area contributed by atoms with Gasteiger partial charge in [-0.3, -0.25) is 9.59 Å². The second kappa shape index (κ2) is 6.46. The van der Waals surface area contributed by atoms with Gasteiger partial charge in [-0.15, -0.1) is 0 Å². The van der Waals surface area contributed by atoms with Crippen molar-refractivity contribution in [1.82, 2.24) is 4.31 Å². The number of halogens is 1. The molecule has 0 spiro atoms. The summed E-state index contributed by atoms with van der Waals surface area (Å²) in [5.74, 6) is -1.95. The number of carbonyl (C=O) groups excluding carboxylic acids is 2. The lowest BCUT2D eigenvalue weighted by Crippen LogP contribution is -2.60. The van der Waals surface area contributed by atoms with Gasteiger partial charge in [0.25, 0.3) is 0 Å². The number of benzene rings is 1. The van der Waals surface area contributed by atoms with Crippen molar-refractivity contribution >= 4 is 33.4 Å². The highest BCUT2D eigenvalue weighted by molar-refractivity contribution is 7.89. The molecule has 2 fully saturated rings. The third-order valence-electron chi connectivity index (χ3n) is 4.74. The molecular weight excluding hydrogens is 354 g/mol. The first-order chi connectivity index (χ1) is 11.4. The van der Waals surface area contributed by atoms with Gasteiger partial charge in [0, 0.05) is 23.5 Å². The number of Topliss-reactive ketones (excluding diaryl/α,β-unsaturated/α-hetero) is 1. The Labute approximate surface area is 145 Å². The molecule has 2 aliphatic rings. The normalized spacial score (nSPS) is 27.8. The molecule has 0 radical (unpaired) electrons. The van der Waals surface area contributed by atoms with Crippen molar-refractivity contribution in [1.29, 1.82) is 0 Å². The average molecular weight is 372 g/mol. The third kappa shape index (κ3) is 2.85. The number of carbonyl (C=O) groups is 2. The fraction of sp³-hybridized carbons (Fsp3) is 0.500. The van der Waals surface area contributed by atoms with Crippen LogP contribution < -0.4 is 0 Å². The number of hydrogen-bond donors (Lipinski definition) is 0. The molecule has 0 amide bonds. The molecule has 0 saturated carbocycles. The SMILES string of the molecule is COC(=O)C1C(=O)CC2CCCC1N2S(=O)(=O)c1ccc(Cl)cc1. The lowest BCUT2D eigenvalue weighted by atomic mass is 9.78.